The van der Waals surface area contributed by atoms with Gasteiger partial charge in [-0.25, -0.2) is 0 Å². The molecule has 1 heterocycles. The van der Waals surface area contributed by atoms with Crippen molar-refractivity contribution in [2.75, 3.05) is 39.3 Å². The van der Waals surface area contributed by atoms with E-state index in [4.69, 9.17) is 5.26 Å². The van der Waals surface area contributed by atoms with Crippen LogP contribution >= 0.6 is 0 Å². The van der Waals surface area contributed by atoms with Crippen LogP contribution in [0, 0.1) is 11.3 Å². The van der Waals surface area contributed by atoms with Crippen molar-refractivity contribution >= 4 is 0 Å². The zero-order chi connectivity index (χ0) is 9.52. The van der Waals surface area contributed by atoms with Crippen molar-refractivity contribution in [3.8, 4) is 6.07 Å². The summed E-state index contributed by atoms with van der Waals surface area (Å²) in [6.07, 6.45) is 4.27. The molecule has 1 saturated heterocycles. The third-order valence-electron chi connectivity index (χ3n) is 2.36. The molecule has 0 aliphatic carbocycles. The summed E-state index contributed by atoms with van der Waals surface area (Å²) in [7, 11) is 0. The average molecular weight is 179 g/mol. The van der Waals surface area contributed by atoms with Gasteiger partial charge in [0.25, 0.3) is 0 Å². The fourth-order valence-corrected chi connectivity index (χ4v) is 1.48. The Hall–Kier alpha value is -0.850. The number of hydrogen-bond donors (Lipinski definition) is 0. The second-order valence-corrected chi connectivity index (χ2v) is 3.30. The topological polar surface area (TPSA) is 30.3 Å². The van der Waals surface area contributed by atoms with Crippen molar-refractivity contribution in [2.24, 2.45) is 0 Å². The Morgan fingerprint density at radius 3 is 2.38 bits per heavy atom. The van der Waals surface area contributed by atoms with Gasteiger partial charge in [-0.1, -0.05) is 12.2 Å². The number of nitrogens with zero attached hydrogens (tertiary/aromatic N) is 3. The predicted molar refractivity (Wildman–Crippen MR) is 53.3 cm³/mol. The van der Waals surface area contributed by atoms with Gasteiger partial charge in [0.05, 0.1) is 12.6 Å². The highest BCUT2D eigenvalue weighted by atomic mass is 15.3. The van der Waals surface area contributed by atoms with Gasteiger partial charge in [0.15, 0.2) is 0 Å². The van der Waals surface area contributed by atoms with Gasteiger partial charge in [0.2, 0.25) is 0 Å². The largest absolute Gasteiger partial charge is 0.297 e. The molecule has 0 aromatic carbocycles. The van der Waals surface area contributed by atoms with E-state index in [1.54, 1.807) is 0 Å². The van der Waals surface area contributed by atoms with Crippen LogP contribution in [0.25, 0.3) is 0 Å². The van der Waals surface area contributed by atoms with Gasteiger partial charge in [-0.2, -0.15) is 5.26 Å². The van der Waals surface area contributed by atoms with E-state index in [0.717, 1.165) is 32.7 Å². The van der Waals surface area contributed by atoms with Crippen LogP contribution < -0.4 is 0 Å². The molecule has 1 rings (SSSR count). The first-order chi connectivity index (χ1) is 6.36. The molecule has 0 bridgehead atoms. The van der Waals surface area contributed by atoms with Crippen LogP contribution in [0.1, 0.15) is 6.92 Å². The minimum atomic E-state index is 0.581. The lowest BCUT2D eigenvalue weighted by Crippen LogP contribution is -2.46. The second kappa shape index (κ2) is 5.74. The Bertz CT molecular complexity index is 197. The number of allylic oxidation sites excluding steroid dienone is 1. The normalized spacial score (nSPS) is 20.6. The van der Waals surface area contributed by atoms with Gasteiger partial charge in [-0.05, 0) is 6.92 Å². The Kier molecular flexibility index (Phi) is 4.52. The first kappa shape index (κ1) is 10.2. The molecular weight excluding hydrogens is 162 g/mol. The number of piperazine rings is 1. The van der Waals surface area contributed by atoms with E-state index < -0.39 is 0 Å². The summed E-state index contributed by atoms with van der Waals surface area (Å²) >= 11 is 0. The summed E-state index contributed by atoms with van der Waals surface area (Å²) < 4.78 is 0. The Labute approximate surface area is 80.2 Å². The second-order valence-electron chi connectivity index (χ2n) is 3.30. The van der Waals surface area contributed by atoms with Gasteiger partial charge >= 0.3 is 0 Å². The highest BCUT2D eigenvalue weighted by Crippen LogP contribution is 2.00. The van der Waals surface area contributed by atoms with E-state index in [1.807, 2.05) is 6.92 Å². The maximum Gasteiger partial charge on any atom is 0.0866 e. The van der Waals surface area contributed by atoms with E-state index in [2.05, 4.69) is 28.0 Å². The highest BCUT2D eigenvalue weighted by Gasteiger charge is 2.14. The molecule has 0 radical (unpaired) electrons. The van der Waals surface area contributed by atoms with Crippen LogP contribution in [0.15, 0.2) is 12.2 Å². The molecule has 0 unspecified atom stereocenters. The van der Waals surface area contributed by atoms with Crippen molar-refractivity contribution in [3.63, 3.8) is 0 Å². The molecular formula is C10H17N3. The lowest BCUT2D eigenvalue weighted by Gasteiger charge is -2.32. The van der Waals surface area contributed by atoms with Gasteiger partial charge in [0, 0.05) is 32.7 Å². The van der Waals surface area contributed by atoms with E-state index in [9.17, 15) is 0 Å². The lowest BCUT2D eigenvalue weighted by atomic mass is 10.3. The summed E-state index contributed by atoms with van der Waals surface area (Å²) in [4.78, 5) is 4.61. The summed E-state index contributed by atoms with van der Waals surface area (Å²) in [5.74, 6) is 0. The van der Waals surface area contributed by atoms with E-state index in [-0.39, 0.29) is 0 Å². The first-order valence-electron chi connectivity index (χ1n) is 4.79. The molecule has 3 heteroatoms. The van der Waals surface area contributed by atoms with Crippen molar-refractivity contribution in [1.29, 1.82) is 5.26 Å². The maximum absolute atomic E-state index is 8.51. The highest BCUT2D eigenvalue weighted by molar-refractivity contribution is 4.85. The van der Waals surface area contributed by atoms with E-state index >= 15 is 0 Å². The molecule has 0 N–H and O–H groups in total. The monoisotopic (exact) mass is 179 g/mol. The molecule has 0 amide bonds. The molecule has 0 atom stereocenters. The van der Waals surface area contributed by atoms with Gasteiger partial charge < -0.3 is 0 Å². The van der Waals surface area contributed by atoms with Crippen molar-refractivity contribution in [2.45, 2.75) is 6.92 Å². The fraction of sp³-hybridized carbons (Fsp3) is 0.700. The van der Waals surface area contributed by atoms with Crippen molar-refractivity contribution < 1.29 is 0 Å². The van der Waals surface area contributed by atoms with Crippen LogP contribution in [0.4, 0.5) is 0 Å². The molecule has 3 nitrogen and oxygen atoms in total. The van der Waals surface area contributed by atoms with E-state index in [0.29, 0.717) is 6.54 Å². The van der Waals surface area contributed by atoms with Gasteiger partial charge in [0.1, 0.15) is 0 Å². The molecule has 0 spiro atoms. The summed E-state index contributed by atoms with van der Waals surface area (Å²) in [5.41, 5.74) is 0. The predicted octanol–water partition coefficient (Wildman–Crippen LogP) is 0.704. The molecule has 1 aliphatic heterocycles. The third-order valence-corrected chi connectivity index (χ3v) is 2.36. The Morgan fingerprint density at radius 2 is 1.85 bits per heavy atom. The Morgan fingerprint density at radius 1 is 1.23 bits per heavy atom. The standard InChI is InChI=1S/C10H17N3/c1-2-3-5-12-7-9-13(6-4-11)10-8-12/h2-3H,5-10H2,1H3. The number of rotatable bonds is 3. The first-order valence-corrected chi connectivity index (χ1v) is 4.79. The summed E-state index contributed by atoms with van der Waals surface area (Å²) in [6.45, 7) is 7.93. The zero-order valence-corrected chi connectivity index (χ0v) is 8.24. The van der Waals surface area contributed by atoms with E-state index in [1.165, 1.54) is 0 Å². The fourth-order valence-electron chi connectivity index (χ4n) is 1.48. The smallest absolute Gasteiger partial charge is 0.0866 e. The lowest BCUT2D eigenvalue weighted by molar-refractivity contribution is 0.155. The third kappa shape index (κ3) is 3.58. The van der Waals surface area contributed by atoms with Crippen LogP contribution in [-0.4, -0.2) is 49.1 Å². The van der Waals surface area contributed by atoms with Crippen molar-refractivity contribution in [1.82, 2.24) is 9.80 Å². The number of nitriles is 1. The Balaban J connectivity index is 2.19. The molecule has 13 heavy (non-hydrogen) atoms. The van der Waals surface area contributed by atoms with Crippen LogP contribution in [0.3, 0.4) is 0 Å². The van der Waals surface area contributed by atoms with Gasteiger partial charge in [-0.3, -0.25) is 9.80 Å². The van der Waals surface area contributed by atoms with Crippen LogP contribution in [0.2, 0.25) is 0 Å². The maximum atomic E-state index is 8.51. The summed E-state index contributed by atoms with van der Waals surface area (Å²) in [6, 6.07) is 2.19. The molecule has 72 valence electrons. The molecule has 1 fully saturated rings. The molecule has 0 aromatic rings. The minimum Gasteiger partial charge on any atom is -0.297 e. The molecule has 0 aromatic heterocycles. The van der Waals surface area contributed by atoms with Crippen LogP contribution in [-0.2, 0) is 0 Å². The van der Waals surface area contributed by atoms with Crippen LogP contribution in [0.5, 0.6) is 0 Å². The average Bonchev–Trinajstić information content (AvgIpc) is 2.17. The van der Waals surface area contributed by atoms with Crippen molar-refractivity contribution in [3.05, 3.63) is 12.2 Å². The molecule has 0 saturated carbocycles. The molecule has 1 aliphatic rings. The number of hydrogen-bond acceptors (Lipinski definition) is 3. The van der Waals surface area contributed by atoms with Gasteiger partial charge in [-0.15, -0.1) is 0 Å². The zero-order valence-electron chi connectivity index (χ0n) is 8.24. The SMILES string of the molecule is CC=CCN1CCN(CC#N)CC1. The summed E-state index contributed by atoms with van der Waals surface area (Å²) in [5, 5.41) is 8.51. The minimum absolute atomic E-state index is 0.581. The quantitative estimate of drug-likeness (QED) is 0.472.